The first-order valence-electron chi connectivity index (χ1n) is 6.50. The Morgan fingerprint density at radius 2 is 1.77 bits per heavy atom. The molecule has 7 nitrogen and oxygen atoms in total. The third-order valence-electron chi connectivity index (χ3n) is 3.47. The molecule has 1 aliphatic rings. The second kappa shape index (κ2) is 5.80. The molecule has 1 aromatic rings. The molecule has 0 aliphatic heterocycles. The van der Waals surface area contributed by atoms with Gasteiger partial charge in [0.25, 0.3) is 5.91 Å². The number of aliphatic hydroxyl groups is 1. The Labute approximate surface area is 127 Å². The molecule has 1 fully saturated rings. The summed E-state index contributed by atoms with van der Waals surface area (Å²) in [6, 6.07) is 8.97. The first-order chi connectivity index (χ1) is 10.3. The van der Waals surface area contributed by atoms with E-state index < -0.39 is 32.4 Å². The summed E-state index contributed by atoms with van der Waals surface area (Å²) in [7, 11) is -4.02. The van der Waals surface area contributed by atoms with E-state index in [0.29, 0.717) is 12.8 Å². The number of aliphatic hydroxyl groups excluding tert-OH is 1. The van der Waals surface area contributed by atoms with Crippen LogP contribution >= 0.6 is 0 Å². The lowest BCUT2D eigenvalue weighted by Gasteiger charge is -2.16. The van der Waals surface area contributed by atoms with Gasteiger partial charge in [-0.25, -0.2) is 17.9 Å². The third kappa shape index (κ3) is 3.45. The number of rotatable bonds is 6. The van der Waals surface area contributed by atoms with Crippen molar-refractivity contribution in [3.63, 3.8) is 0 Å². The number of hydrogen-bond acceptors (Lipinski definition) is 5. The molecule has 0 radical (unpaired) electrons. The van der Waals surface area contributed by atoms with Gasteiger partial charge in [0.2, 0.25) is 10.0 Å². The maximum atomic E-state index is 12.3. The number of hydrogen-bond donors (Lipinski definition) is 3. The van der Waals surface area contributed by atoms with Crippen LogP contribution in [0.15, 0.2) is 42.2 Å². The van der Waals surface area contributed by atoms with Crippen molar-refractivity contribution in [2.45, 2.75) is 24.0 Å². The van der Waals surface area contributed by atoms with Crippen LogP contribution in [0.5, 0.6) is 0 Å². The zero-order valence-corrected chi connectivity index (χ0v) is 12.3. The zero-order valence-electron chi connectivity index (χ0n) is 11.5. The number of carboxylic acids is 1. The van der Waals surface area contributed by atoms with Gasteiger partial charge in [0.1, 0.15) is 0 Å². The standard InChI is InChI=1S/C14H15NO6S/c16-11(8-12(17)18)13(19)15-22(20,21)14(6-7-14)9-10-4-2-1-3-5-10/h1-5,8,16H,6-7,9H2,(H,15,19)(H,17,18)/b11-8-. The molecule has 0 aromatic heterocycles. The van der Waals surface area contributed by atoms with E-state index in [1.165, 1.54) is 0 Å². The smallest absolute Gasteiger partial charge is 0.332 e. The first-order valence-corrected chi connectivity index (χ1v) is 7.98. The van der Waals surface area contributed by atoms with Crippen LogP contribution < -0.4 is 4.72 Å². The summed E-state index contributed by atoms with van der Waals surface area (Å²) in [4.78, 5) is 21.9. The number of benzene rings is 1. The summed E-state index contributed by atoms with van der Waals surface area (Å²) in [6.45, 7) is 0. The fourth-order valence-corrected chi connectivity index (χ4v) is 3.67. The summed E-state index contributed by atoms with van der Waals surface area (Å²) >= 11 is 0. The van der Waals surface area contributed by atoms with Gasteiger partial charge in [-0.05, 0) is 24.8 Å². The van der Waals surface area contributed by atoms with Crippen molar-refractivity contribution in [2.75, 3.05) is 0 Å². The lowest BCUT2D eigenvalue weighted by Crippen LogP contribution is -2.41. The van der Waals surface area contributed by atoms with E-state index in [2.05, 4.69) is 0 Å². The topological polar surface area (TPSA) is 121 Å². The SMILES string of the molecule is O=C(O)/C=C(\O)C(=O)NS(=O)(=O)C1(Cc2ccccc2)CC1. The van der Waals surface area contributed by atoms with Crippen LogP contribution in [0.2, 0.25) is 0 Å². The molecule has 1 aromatic carbocycles. The minimum absolute atomic E-state index is 0.238. The van der Waals surface area contributed by atoms with E-state index >= 15 is 0 Å². The third-order valence-corrected chi connectivity index (χ3v) is 5.61. The fourth-order valence-electron chi connectivity index (χ4n) is 2.11. The number of carbonyl (C=O) groups excluding carboxylic acids is 1. The Hall–Kier alpha value is -2.35. The molecule has 22 heavy (non-hydrogen) atoms. The normalized spacial score (nSPS) is 16.8. The molecule has 118 valence electrons. The van der Waals surface area contributed by atoms with Gasteiger partial charge in [0.15, 0.2) is 5.76 Å². The van der Waals surface area contributed by atoms with Crippen LogP contribution in [-0.2, 0) is 26.0 Å². The number of carboxylic acid groups (broad SMARTS) is 1. The lowest BCUT2D eigenvalue weighted by atomic mass is 10.1. The lowest BCUT2D eigenvalue weighted by molar-refractivity contribution is -0.132. The molecule has 0 atom stereocenters. The summed E-state index contributed by atoms with van der Waals surface area (Å²) in [5, 5.41) is 17.7. The van der Waals surface area contributed by atoms with Crippen molar-refractivity contribution in [1.82, 2.24) is 4.72 Å². The van der Waals surface area contributed by atoms with Gasteiger partial charge in [0, 0.05) is 0 Å². The number of aliphatic carboxylic acids is 1. The molecule has 1 amide bonds. The van der Waals surface area contributed by atoms with Crippen LogP contribution in [0.1, 0.15) is 18.4 Å². The molecule has 1 aliphatic carbocycles. The Morgan fingerprint density at radius 3 is 2.27 bits per heavy atom. The number of sulfonamides is 1. The molecular weight excluding hydrogens is 310 g/mol. The fraction of sp³-hybridized carbons (Fsp3) is 0.286. The Kier molecular flexibility index (Phi) is 4.23. The highest BCUT2D eigenvalue weighted by Crippen LogP contribution is 2.45. The van der Waals surface area contributed by atoms with Gasteiger partial charge < -0.3 is 10.2 Å². The highest BCUT2D eigenvalue weighted by Gasteiger charge is 2.55. The largest absolute Gasteiger partial charge is 0.503 e. The van der Waals surface area contributed by atoms with Crippen molar-refractivity contribution in [1.29, 1.82) is 0 Å². The van der Waals surface area contributed by atoms with E-state index in [1.54, 1.807) is 29.0 Å². The molecule has 2 rings (SSSR count). The van der Waals surface area contributed by atoms with E-state index in [1.807, 2.05) is 6.07 Å². The van der Waals surface area contributed by atoms with Gasteiger partial charge in [-0.15, -0.1) is 0 Å². The van der Waals surface area contributed by atoms with E-state index in [4.69, 9.17) is 5.11 Å². The summed E-state index contributed by atoms with van der Waals surface area (Å²) in [5.41, 5.74) is 0.822. The van der Waals surface area contributed by atoms with Gasteiger partial charge >= 0.3 is 5.97 Å². The summed E-state index contributed by atoms with van der Waals surface area (Å²) < 4.78 is 25.3. The quantitative estimate of drug-likeness (QED) is 0.524. The molecule has 0 saturated heterocycles. The van der Waals surface area contributed by atoms with E-state index in [9.17, 15) is 23.1 Å². The molecule has 0 heterocycles. The Balaban J connectivity index is 2.13. The van der Waals surface area contributed by atoms with Crippen LogP contribution in [0.4, 0.5) is 0 Å². The minimum Gasteiger partial charge on any atom is -0.503 e. The summed E-state index contributed by atoms with van der Waals surface area (Å²) in [5.74, 6) is -4.05. The van der Waals surface area contributed by atoms with Crippen LogP contribution in [0.25, 0.3) is 0 Å². The minimum atomic E-state index is -4.02. The van der Waals surface area contributed by atoms with Gasteiger partial charge in [-0.1, -0.05) is 30.3 Å². The van der Waals surface area contributed by atoms with Crippen molar-refractivity contribution in [2.24, 2.45) is 0 Å². The maximum Gasteiger partial charge on any atom is 0.332 e. The predicted octanol–water partition coefficient (Wildman–Crippen LogP) is 0.734. The second-order valence-electron chi connectivity index (χ2n) is 5.15. The molecule has 0 spiro atoms. The molecule has 0 bridgehead atoms. The van der Waals surface area contributed by atoms with Crippen LogP contribution in [0, 0.1) is 0 Å². The van der Waals surface area contributed by atoms with Crippen molar-refractivity contribution >= 4 is 21.9 Å². The predicted molar refractivity (Wildman–Crippen MR) is 77.5 cm³/mol. The zero-order chi connectivity index (χ0) is 16.4. The number of nitrogens with one attached hydrogen (secondary N) is 1. The highest BCUT2D eigenvalue weighted by molar-refractivity contribution is 7.91. The molecule has 3 N–H and O–H groups in total. The van der Waals surface area contributed by atoms with Gasteiger partial charge in [0.05, 0.1) is 10.8 Å². The van der Waals surface area contributed by atoms with Gasteiger partial charge in [-0.3, -0.25) is 4.79 Å². The van der Waals surface area contributed by atoms with E-state index in [0.717, 1.165) is 5.56 Å². The highest BCUT2D eigenvalue weighted by atomic mass is 32.2. The Bertz CT molecular complexity index is 719. The second-order valence-corrected chi connectivity index (χ2v) is 7.22. The maximum absolute atomic E-state index is 12.3. The van der Waals surface area contributed by atoms with E-state index in [-0.39, 0.29) is 12.5 Å². The molecular formula is C14H15NO6S. The molecule has 1 saturated carbocycles. The molecule has 0 unspecified atom stereocenters. The van der Waals surface area contributed by atoms with Gasteiger partial charge in [-0.2, -0.15) is 0 Å². The Morgan fingerprint density at radius 1 is 1.18 bits per heavy atom. The van der Waals surface area contributed by atoms with Crippen molar-refractivity contribution < 1.29 is 28.2 Å². The summed E-state index contributed by atoms with van der Waals surface area (Å²) in [6.07, 6.45) is 1.28. The number of carbonyl (C=O) groups is 2. The average molecular weight is 325 g/mol. The van der Waals surface area contributed by atoms with Crippen molar-refractivity contribution in [3.8, 4) is 0 Å². The number of amides is 1. The first kappa shape index (κ1) is 16.0. The van der Waals surface area contributed by atoms with Crippen LogP contribution in [-0.4, -0.2) is 35.3 Å². The monoisotopic (exact) mass is 325 g/mol. The average Bonchev–Trinajstić information content (AvgIpc) is 3.20. The van der Waals surface area contributed by atoms with Crippen LogP contribution in [0.3, 0.4) is 0 Å². The molecule has 8 heteroatoms. The van der Waals surface area contributed by atoms with Crippen molar-refractivity contribution in [3.05, 3.63) is 47.7 Å².